The molecule has 0 saturated heterocycles. The number of rotatable bonds is 6. The van der Waals surface area contributed by atoms with E-state index in [-0.39, 0.29) is 6.04 Å². The molecule has 1 heterocycles. The summed E-state index contributed by atoms with van der Waals surface area (Å²) in [6, 6.07) is 6.16. The van der Waals surface area contributed by atoms with Crippen molar-refractivity contribution in [2.75, 3.05) is 11.9 Å². The van der Waals surface area contributed by atoms with Gasteiger partial charge in [-0.25, -0.2) is 4.98 Å². The number of anilines is 1. The predicted octanol–water partition coefficient (Wildman–Crippen LogP) is 4.02. The molecule has 0 aliphatic heterocycles. The van der Waals surface area contributed by atoms with Crippen LogP contribution in [0.5, 0.6) is 0 Å². The number of nitrogens with two attached hydrogens (primary N) is 1. The Morgan fingerprint density at radius 3 is 2.81 bits per heavy atom. The van der Waals surface area contributed by atoms with E-state index in [1.165, 1.54) is 0 Å². The quantitative estimate of drug-likeness (QED) is 0.873. The van der Waals surface area contributed by atoms with Gasteiger partial charge in [0.2, 0.25) is 0 Å². The van der Waals surface area contributed by atoms with Gasteiger partial charge in [-0.1, -0.05) is 24.6 Å². The van der Waals surface area contributed by atoms with Crippen LogP contribution in [0.3, 0.4) is 0 Å². The Morgan fingerprint density at radius 1 is 1.43 bits per heavy atom. The van der Waals surface area contributed by atoms with Gasteiger partial charge in [0.05, 0.1) is 17.2 Å². The summed E-state index contributed by atoms with van der Waals surface area (Å²) < 4.78 is 0. The Labute approximate surface area is 135 Å². The largest absolute Gasteiger partial charge is 0.368 e. The molecule has 0 radical (unpaired) electrons. The average Bonchev–Trinajstić information content (AvgIpc) is 2.86. The maximum absolute atomic E-state index is 6.39. The molecule has 2 rings (SSSR count). The van der Waals surface area contributed by atoms with Crippen molar-refractivity contribution in [2.45, 2.75) is 39.3 Å². The number of benzene rings is 1. The SMILES string of the molecule is CCC(N)Cc1c(Cl)cccc1N(C)Cc1csc(C)n1. The van der Waals surface area contributed by atoms with E-state index in [9.17, 15) is 0 Å². The number of nitrogens with zero attached hydrogens (tertiary/aromatic N) is 2. The van der Waals surface area contributed by atoms with Crippen LogP contribution in [0.15, 0.2) is 23.6 Å². The minimum absolute atomic E-state index is 0.138. The van der Waals surface area contributed by atoms with E-state index in [0.717, 1.165) is 46.4 Å². The molecule has 1 atom stereocenters. The number of aromatic nitrogens is 1. The van der Waals surface area contributed by atoms with E-state index in [1.807, 2.05) is 19.1 Å². The second-order valence-electron chi connectivity index (χ2n) is 5.32. The van der Waals surface area contributed by atoms with Gasteiger partial charge >= 0.3 is 0 Å². The lowest BCUT2D eigenvalue weighted by molar-refractivity contribution is 0.645. The molecule has 21 heavy (non-hydrogen) atoms. The zero-order chi connectivity index (χ0) is 15.4. The third kappa shape index (κ3) is 4.19. The van der Waals surface area contributed by atoms with Crippen LogP contribution >= 0.6 is 22.9 Å². The summed E-state index contributed by atoms with van der Waals surface area (Å²) in [6.07, 6.45) is 1.74. The van der Waals surface area contributed by atoms with Gasteiger partial charge in [0.25, 0.3) is 0 Å². The van der Waals surface area contributed by atoms with Gasteiger partial charge in [-0.2, -0.15) is 0 Å². The predicted molar refractivity (Wildman–Crippen MR) is 92.4 cm³/mol. The van der Waals surface area contributed by atoms with Crippen molar-refractivity contribution in [3.05, 3.63) is 44.9 Å². The van der Waals surface area contributed by atoms with Crippen molar-refractivity contribution in [1.29, 1.82) is 0 Å². The highest BCUT2D eigenvalue weighted by molar-refractivity contribution is 7.09. The molecule has 2 N–H and O–H groups in total. The third-order valence-corrected chi connectivity index (χ3v) is 4.74. The minimum atomic E-state index is 0.138. The highest BCUT2D eigenvalue weighted by atomic mass is 35.5. The molecule has 0 spiro atoms. The van der Waals surface area contributed by atoms with Crippen molar-refractivity contribution in [3.8, 4) is 0 Å². The summed E-state index contributed by atoms with van der Waals surface area (Å²) >= 11 is 8.07. The Bertz CT molecular complexity index is 597. The van der Waals surface area contributed by atoms with Gasteiger partial charge in [-0.3, -0.25) is 0 Å². The van der Waals surface area contributed by atoms with E-state index in [2.05, 4.69) is 35.3 Å². The van der Waals surface area contributed by atoms with Crippen LogP contribution in [0, 0.1) is 6.92 Å². The first kappa shape index (κ1) is 16.3. The lowest BCUT2D eigenvalue weighted by Gasteiger charge is -2.23. The van der Waals surface area contributed by atoms with Crippen molar-refractivity contribution in [3.63, 3.8) is 0 Å². The Hall–Kier alpha value is -1.10. The number of hydrogen-bond acceptors (Lipinski definition) is 4. The fraction of sp³-hybridized carbons (Fsp3) is 0.438. The monoisotopic (exact) mass is 323 g/mol. The topological polar surface area (TPSA) is 42.1 Å². The fourth-order valence-corrected chi connectivity index (χ4v) is 3.17. The van der Waals surface area contributed by atoms with Crippen molar-refractivity contribution in [2.24, 2.45) is 5.73 Å². The molecule has 114 valence electrons. The number of thiazole rings is 1. The Morgan fingerprint density at radius 2 is 2.19 bits per heavy atom. The molecule has 5 heteroatoms. The molecule has 0 aliphatic rings. The summed E-state index contributed by atoms with van der Waals surface area (Å²) in [4.78, 5) is 6.72. The van der Waals surface area contributed by atoms with Crippen molar-refractivity contribution < 1.29 is 0 Å². The summed E-state index contributed by atoms with van der Waals surface area (Å²) in [7, 11) is 2.07. The van der Waals surface area contributed by atoms with Crippen LogP contribution in [0.1, 0.15) is 29.6 Å². The van der Waals surface area contributed by atoms with Crippen LogP contribution in [-0.2, 0) is 13.0 Å². The second-order valence-corrected chi connectivity index (χ2v) is 6.79. The summed E-state index contributed by atoms with van der Waals surface area (Å²) in [6.45, 7) is 4.90. The zero-order valence-corrected chi connectivity index (χ0v) is 14.3. The van der Waals surface area contributed by atoms with Crippen LogP contribution in [-0.4, -0.2) is 18.1 Å². The molecule has 1 unspecified atom stereocenters. The van der Waals surface area contributed by atoms with E-state index in [1.54, 1.807) is 11.3 Å². The standard InChI is InChI=1S/C16H22ClN3S/c1-4-12(18)8-14-15(17)6-5-7-16(14)20(3)9-13-10-21-11(2)19-13/h5-7,10,12H,4,8-9,18H2,1-3H3. The number of halogens is 1. The van der Waals surface area contributed by atoms with Crippen molar-refractivity contribution in [1.82, 2.24) is 4.98 Å². The summed E-state index contributed by atoms with van der Waals surface area (Å²) in [5.41, 5.74) is 9.46. The molecule has 0 saturated carbocycles. The van der Waals surface area contributed by atoms with Crippen LogP contribution in [0.25, 0.3) is 0 Å². The zero-order valence-electron chi connectivity index (χ0n) is 12.8. The highest BCUT2D eigenvalue weighted by Crippen LogP contribution is 2.29. The lowest BCUT2D eigenvalue weighted by Crippen LogP contribution is -2.24. The van der Waals surface area contributed by atoms with Gasteiger partial charge in [0.1, 0.15) is 0 Å². The van der Waals surface area contributed by atoms with E-state index in [4.69, 9.17) is 17.3 Å². The first-order valence-corrected chi connectivity index (χ1v) is 8.42. The third-order valence-electron chi connectivity index (χ3n) is 3.56. The van der Waals surface area contributed by atoms with Crippen LogP contribution < -0.4 is 10.6 Å². The van der Waals surface area contributed by atoms with Crippen LogP contribution in [0.4, 0.5) is 5.69 Å². The normalized spacial score (nSPS) is 12.4. The summed E-state index contributed by atoms with van der Waals surface area (Å²) in [5, 5.41) is 3.99. The molecule has 3 nitrogen and oxygen atoms in total. The first-order chi connectivity index (χ1) is 10.0. The van der Waals surface area contributed by atoms with Gasteiger partial charge in [0, 0.05) is 29.2 Å². The Kier molecular flexibility index (Phi) is 5.62. The van der Waals surface area contributed by atoms with E-state index < -0.39 is 0 Å². The van der Waals surface area contributed by atoms with Gasteiger partial charge in [-0.05, 0) is 37.5 Å². The number of aryl methyl sites for hydroxylation is 1. The second kappa shape index (κ2) is 7.25. The minimum Gasteiger partial charge on any atom is -0.368 e. The maximum atomic E-state index is 6.39. The molecule has 0 aliphatic carbocycles. The summed E-state index contributed by atoms with van der Waals surface area (Å²) in [5.74, 6) is 0. The molecule has 0 amide bonds. The molecule has 1 aromatic carbocycles. The van der Waals surface area contributed by atoms with Crippen LogP contribution in [0.2, 0.25) is 5.02 Å². The van der Waals surface area contributed by atoms with Crippen molar-refractivity contribution >= 4 is 28.6 Å². The first-order valence-electron chi connectivity index (χ1n) is 7.16. The maximum Gasteiger partial charge on any atom is 0.0898 e. The smallest absolute Gasteiger partial charge is 0.0898 e. The Balaban J connectivity index is 2.23. The highest BCUT2D eigenvalue weighted by Gasteiger charge is 2.14. The van der Waals surface area contributed by atoms with E-state index >= 15 is 0 Å². The molecule has 1 aromatic heterocycles. The van der Waals surface area contributed by atoms with Gasteiger partial charge < -0.3 is 10.6 Å². The molecule has 2 aromatic rings. The molecule has 0 bridgehead atoms. The fourth-order valence-electron chi connectivity index (χ4n) is 2.32. The number of hydrogen-bond donors (Lipinski definition) is 1. The molecular weight excluding hydrogens is 302 g/mol. The van der Waals surface area contributed by atoms with Gasteiger partial charge in [-0.15, -0.1) is 11.3 Å². The molecule has 0 fully saturated rings. The average molecular weight is 324 g/mol. The molecular formula is C16H22ClN3S. The lowest BCUT2D eigenvalue weighted by atomic mass is 10.0. The van der Waals surface area contributed by atoms with E-state index in [0.29, 0.717) is 0 Å². The van der Waals surface area contributed by atoms with Gasteiger partial charge in [0.15, 0.2) is 0 Å².